The molecule has 0 heterocycles. The average Bonchev–Trinajstić information content (AvgIpc) is 2.28. The largest absolute Gasteiger partial charge is 0.344 e. The molecule has 2 nitrogen and oxygen atoms in total. The third kappa shape index (κ3) is 4.64. The molecule has 0 aliphatic heterocycles. The Kier molecular flexibility index (Phi) is 9.83. The molecule has 0 fully saturated rings. The van der Waals surface area contributed by atoms with Crippen LogP contribution in [-0.2, 0) is 6.54 Å². The number of halogens is 1. The van der Waals surface area contributed by atoms with E-state index in [0.717, 1.165) is 0 Å². The van der Waals surface area contributed by atoms with Crippen molar-refractivity contribution in [2.24, 2.45) is 0 Å². The Morgan fingerprint density at radius 2 is 1.31 bits per heavy atom. The standard InChI is InChI=1S/C13H22N.BrH.H3N/c1-4-14(5-2,6-3)12-13-10-8-7-9-11-13;;/h7-11H,4-6,12H2,1-3H3;1H;1H3/q+1;;. The van der Waals surface area contributed by atoms with Gasteiger partial charge in [0.25, 0.3) is 0 Å². The van der Waals surface area contributed by atoms with E-state index in [9.17, 15) is 0 Å². The summed E-state index contributed by atoms with van der Waals surface area (Å²) < 4.78 is 1.20. The Morgan fingerprint density at radius 1 is 0.875 bits per heavy atom. The predicted octanol–water partition coefficient (Wildman–Crippen LogP) is 3.80. The summed E-state index contributed by atoms with van der Waals surface area (Å²) in [4.78, 5) is 0. The molecule has 0 saturated heterocycles. The summed E-state index contributed by atoms with van der Waals surface area (Å²) in [6, 6.07) is 10.8. The fourth-order valence-corrected chi connectivity index (χ4v) is 1.98. The maximum Gasteiger partial charge on any atom is 0.104 e. The van der Waals surface area contributed by atoms with Gasteiger partial charge >= 0.3 is 0 Å². The molecule has 1 rings (SSSR count). The van der Waals surface area contributed by atoms with Gasteiger partial charge in [0.1, 0.15) is 6.54 Å². The van der Waals surface area contributed by atoms with Crippen molar-refractivity contribution in [1.29, 1.82) is 0 Å². The summed E-state index contributed by atoms with van der Waals surface area (Å²) in [5.74, 6) is 0. The SMILES string of the molecule is Br.CC[N+](CC)(CC)Cc1ccccc1.N. The summed E-state index contributed by atoms with van der Waals surface area (Å²) in [5.41, 5.74) is 1.46. The molecule has 0 unspecified atom stereocenters. The number of hydrogen-bond donors (Lipinski definition) is 1. The monoisotopic (exact) mass is 289 g/mol. The van der Waals surface area contributed by atoms with Crippen molar-refractivity contribution in [3.05, 3.63) is 35.9 Å². The minimum absolute atomic E-state index is 0. The second kappa shape index (κ2) is 8.74. The lowest BCUT2D eigenvalue weighted by Crippen LogP contribution is -2.46. The minimum atomic E-state index is 0. The van der Waals surface area contributed by atoms with Crippen LogP contribution in [0.5, 0.6) is 0 Å². The highest BCUT2D eigenvalue weighted by atomic mass is 79.9. The van der Waals surface area contributed by atoms with E-state index in [2.05, 4.69) is 51.1 Å². The molecule has 0 bridgehead atoms. The first-order chi connectivity index (χ1) is 6.76. The van der Waals surface area contributed by atoms with Gasteiger partial charge in [-0.3, -0.25) is 0 Å². The molecule has 94 valence electrons. The maximum atomic E-state index is 2.29. The van der Waals surface area contributed by atoms with Crippen molar-refractivity contribution in [1.82, 2.24) is 6.15 Å². The first-order valence-electron chi connectivity index (χ1n) is 5.65. The number of benzene rings is 1. The van der Waals surface area contributed by atoms with Gasteiger partial charge in [-0.05, 0) is 20.8 Å². The zero-order chi connectivity index (χ0) is 10.4. The highest BCUT2D eigenvalue weighted by molar-refractivity contribution is 8.93. The van der Waals surface area contributed by atoms with Crippen molar-refractivity contribution >= 4 is 17.0 Å². The van der Waals surface area contributed by atoms with Crippen molar-refractivity contribution < 1.29 is 4.48 Å². The molecule has 0 saturated carbocycles. The van der Waals surface area contributed by atoms with E-state index < -0.39 is 0 Å². The Labute approximate surface area is 111 Å². The average molecular weight is 290 g/mol. The zero-order valence-corrected chi connectivity index (χ0v) is 12.5. The second-order valence-corrected chi connectivity index (χ2v) is 3.93. The van der Waals surface area contributed by atoms with Crippen molar-refractivity contribution in [2.45, 2.75) is 27.3 Å². The fourth-order valence-electron chi connectivity index (χ4n) is 1.98. The van der Waals surface area contributed by atoms with Gasteiger partial charge in [-0.1, -0.05) is 30.3 Å². The lowest BCUT2D eigenvalue weighted by atomic mass is 10.2. The van der Waals surface area contributed by atoms with Crippen LogP contribution < -0.4 is 6.15 Å². The van der Waals surface area contributed by atoms with Gasteiger partial charge in [-0.25, -0.2) is 0 Å². The molecule has 0 radical (unpaired) electrons. The molecular weight excluding hydrogens is 264 g/mol. The van der Waals surface area contributed by atoms with Crippen LogP contribution in [0.25, 0.3) is 0 Å². The van der Waals surface area contributed by atoms with Gasteiger partial charge in [-0.15, -0.1) is 17.0 Å². The molecule has 0 aromatic heterocycles. The zero-order valence-electron chi connectivity index (χ0n) is 10.8. The Balaban J connectivity index is 0. The van der Waals surface area contributed by atoms with Gasteiger partial charge in [0, 0.05) is 5.56 Å². The lowest BCUT2D eigenvalue weighted by molar-refractivity contribution is -0.936. The smallest absolute Gasteiger partial charge is 0.104 e. The van der Waals surface area contributed by atoms with Crippen LogP contribution in [0.2, 0.25) is 0 Å². The van der Waals surface area contributed by atoms with Crippen molar-refractivity contribution in [2.75, 3.05) is 19.6 Å². The second-order valence-electron chi connectivity index (χ2n) is 3.93. The summed E-state index contributed by atoms with van der Waals surface area (Å²) in [6.45, 7) is 11.7. The molecule has 0 aliphatic carbocycles. The third-order valence-electron chi connectivity index (χ3n) is 3.37. The van der Waals surface area contributed by atoms with Crippen LogP contribution in [0.15, 0.2) is 30.3 Å². The Morgan fingerprint density at radius 3 is 1.69 bits per heavy atom. The van der Waals surface area contributed by atoms with Crippen molar-refractivity contribution in [3.63, 3.8) is 0 Å². The molecular formula is C13H26BrN2+. The molecule has 16 heavy (non-hydrogen) atoms. The fraction of sp³-hybridized carbons (Fsp3) is 0.538. The van der Waals surface area contributed by atoms with Crippen LogP contribution in [-0.4, -0.2) is 24.1 Å². The predicted molar refractivity (Wildman–Crippen MR) is 77.4 cm³/mol. The molecule has 1 aromatic rings. The van der Waals surface area contributed by atoms with E-state index >= 15 is 0 Å². The number of quaternary nitrogens is 1. The topological polar surface area (TPSA) is 35.0 Å². The van der Waals surface area contributed by atoms with Crippen LogP contribution in [0, 0.1) is 0 Å². The van der Waals surface area contributed by atoms with Gasteiger partial charge < -0.3 is 10.6 Å². The molecule has 3 heteroatoms. The van der Waals surface area contributed by atoms with Crippen LogP contribution in [0.1, 0.15) is 26.3 Å². The van der Waals surface area contributed by atoms with Crippen molar-refractivity contribution in [3.8, 4) is 0 Å². The van der Waals surface area contributed by atoms with Crippen LogP contribution in [0.3, 0.4) is 0 Å². The first kappa shape index (κ1) is 18.0. The number of hydrogen-bond acceptors (Lipinski definition) is 1. The molecule has 0 amide bonds. The summed E-state index contributed by atoms with van der Waals surface area (Å²) in [7, 11) is 0. The maximum absolute atomic E-state index is 2.29. The van der Waals surface area contributed by atoms with E-state index in [1.165, 1.54) is 36.2 Å². The van der Waals surface area contributed by atoms with Crippen LogP contribution in [0.4, 0.5) is 0 Å². The number of nitrogens with zero attached hydrogens (tertiary/aromatic N) is 1. The highest BCUT2D eigenvalue weighted by Gasteiger charge is 2.20. The summed E-state index contributed by atoms with van der Waals surface area (Å²) in [5, 5.41) is 0. The van der Waals surface area contributed by atoms with Gasteiger partial charge in [0.15, 0.2) is 0 Å². The van der Waals surface area contributed by atoms with E-state index in [0.29, 0.717) is 0 Å². The molecule has 0 spiro atoms. The van der Waals surface area contributed by atoms with E-state index in [1.807, 2.05) is 0 Å². The van der Waals surface area contributed by atoms with Gasteiger partial charge in [0.2, 0.25) is 0 Å². The van der Waals surface area contributed by atoms with Gasteiger partial charge in [-0.2, -0.15) is 0 Å². The quantitative estimate of drug-likeness (QED) is 0.822. The van der Waals surface area contributed by atoms with E-state index in [4.69, 9.17) is 0 Å². The molecule has 3 N–H and O–H groups in total. The number of rotatable bonds is 5. The Hall–Kier alpha value is -0.380. The molecule has 0 aliphatic rings. The normalized spacial score (nSPS) is 10.2. The van der Waals surface area contributed by atoms with E-state index in [1.54, 1.807) is 0 Å². The first-order valence-corrected chi connectivity index (χ1v) is 5.65. The highest BCUT2D eigenvalue weighted by Crippen LogP contribution is 2.13. The third-order valence-corrected chi connectivity index (χ3v) is 3.37. The molecule has 0 atom stereocenters. The molecule has 1 aromatic carbocycles. The summed E-state index contributed by atoms with van der Waals surface area (Å²) >= 11 is 0. The van der Waals surface area contributed by atoms with Crippen LogP contribution >= 0.6 is 17.0 Å². The van der Waals surface area contributed by atoms with E-state index in [-0.39, 0.29) is 23.1 Å². The lowest BCUT2D eigenvalue weighted by Gasteiger charge is -2.35. The summed E-state index contributed by atoms with van der Waals surface area (Å²) in [6.07, 6.45) is 0. The Bertz CT molecular complexity index is 250. The van der Waals surface area contributed by atoms with Gasteiger partial charge in [0.05, 0.1) is 19.6 Å². The minimum Gasteiger partial charge on any atom is -0.344 e.